The monoisotopic (exact) mass is 263 g/mol. The van der Waals surface area contributed by atoms with Crippen LogP contribution in [0.5, 0.6) is 11.8 Å². The Bertz CT molecular complexity index is 615. The van der Waals surface area contributed by atoms with E-state index in [4.69, 9.17) is 9.47 Å². The summed E-state index contributed by atoms with van der Waals surface area (Å²) in [5, 5.41) is 10.7. The highest BCUT2D eigenvalue weighted by molar-refractivity contribution is 5.78. The van der Waals surface area contributed by atoms with Gasteiger partial charge in [0.1, 0.15) is 0 Å². The molecule has 1 aromatic carbocycles. The van der Waals surface area contributed by atoms with Crippen LogP contribution in [0.4, 0.5) is 5.69 Å². The second-order valence-electron chi connectivity index (χ2n) is 3.63. The minimum Gasteiger partial charge on any atom is -0.474 e. The molecule has 0 atom stereocenters. The second-order valence-corrected chi connectivity index (χ2v) is 3.63. The number of hydrogen-bond donors (Lipinski definition) is 0. The zero-order valence-corrected chi connectivity index (χ0v) is 10.6. The van der Waals surface area contributed by atoms with Crippen LogP contribution < -0.4 is 9.47 Å². The van der Waals surface area contributed by atoms with Crippen LogP contribution in [0.25, 0.3) is 11.0 Å². The summed E-state index contributed by atoms with van der Waals surface area (Å²) in [6.45, 7) is 4.49. The topological polar surface area (TPSA) is 87.4 Å². The molecule has 0 aliphatic rings. The smallest absolute Gasteiger partial charge is 0.278 e. The van der Waals surface area contributed by atoms with Gasteiger partial charge in [-0.3, -0.25) is 10.1 Å². The molecule has 0 saturated heterocycles. The van der Waals surface area contributed by atoms with Gasteiger partial charge in [-0.15, -0.1) is 0 Å². The summed E-state index contributed by atoms with van der Waals surface area (Å²) >= 11 is 0. The Kier molecular flexibility index (Phi) is 3.74. The van der Waals surface area contributed by atoms with E-state index in [9.17, 15) is 10.1 Å². The van der Waals surface area contributed by atoms with Crippen LogP contribution in [0, 0.1) is 10.1 Å². The van der Waals surface area contributed by atoms with Crippen molar-refractivity contribution in [2.75, 3.05) is 13.2 Å². The summed E-state index contributed by atoms with van der Waals surface area (Å²) in [5.74, 6) is 0.544. The number of ether oxygens (including phenoxy) is 2. The third-order valence-electron chi connectivity index (χ3n) is 2.36. The molecule has 0 bridgehead atoms. The fourth-order valence-corrected chi connectivity index (χ4v) is 1.59. The molecule has 0 unspecified atom stereocenters. The van der Waals surface area contributed by atoms with Crippen molar-refractivity contribution < 1.29 is 14.4 Å². The normalized spacial score (nSPS) is 10.4. The van der Waals surface area contributed by atoms with Crippen LogP contribution in [0.3, 0.4) is 0 Å². The van der Waals surface area contributed by atoms with E-state index in [1.807, 2.05) is 13.8 Å². The molecule has 2 aromatic rings. The van der Waals surface area contributed by atoms with Crippen LogP contribution in [0.1, 0.15) is 13.8 Å². The highest BCUT2D eigenvalue weighted by Gasteiger charge is 2.14. The van der Waals surface area contributed by atoms with Crippen molar-refractivity contribution in [2.45, 2.75) is 13.8 Å². The third-order valence-corrected chi connectivity index (χ3v) is 2.36. The van der Waals surface area contributed by atoms with E-state index in [0.717, 1.165) is 0 Å². The average molecular weight is 263 g/mol. The number of aromatic nitrogens is 2. The predicted molar refractivity (Wildman–Crippen MR) is 68.5 cm³/mol. The van der Waals surface area contributed by atoms with Gasteiger partial charge in [-0.25, -0.2) is 9.97 Å². The first-order valence-electron chi connectivity index (χ1n) is 5.87. The van der Waals surface area contributed by atoms with Gasteiger partial charge < -0.3 is 9.47 Å². The number of hydrogen-bond acceptors (Lipinski definition) is 6. The van der Waals surface area contributed by atoms with Crippen molar-refractivity contribution in [3.8, 4) is 11.8 Å². The SMILES string of the molecule is CCOc1nc2ccc([N+](=O)[O-])cc2nc1OCC. The Labute approximate surface area is 109 Å². The Morgan fingerprint density at radius 3 is 2.21 bits per heavy atom. The minimum absolute atomic E-state index is 0.0339. The highest BCUT2D eigenvalue weighted by Crippen LogP contribution is 2.27. The Morgan fingerprint density at radius 2 is 1.68 bits per heavy atom. The molecule has 0 saturated carbocycles. The van der Waals surface area contributed by atoms with Gasteiger partial charge in [0.15, 0.2) is 0 Å². The Morgan fingerprint density at radius 1 is 1.11 bits per heavy atom. The summed E-state index contributed by atoms with van der Waals surface area (Å²) in [6.07, 6.45) is 0. The molecule has 1 aromatic heterocycles. The molecule has 0 fully saturated rings. The lowest BCUT2D eigenvalue weighted by Crippen LogP contribution is -2.03. The Balaban J connectivity index is 2.56. The largest absolute Gasteiger partial charge is 0.474 e. The third kappa shape index (κ3) is 2.70. The quantitative estimate of drug-likeness (QED) is 0.607. The molecule has 0 aliphatic heterocycles. The predicted octanol–water partition coefficient (Wildman–Crippen LogP) is 2.34. The first kappa shape index (κ1) is 13.0. The number of non-ortho nitro benzene ring substituents is 1. The molecule has 100 valence electrons. The van der Waals surface area contributed by atoms with Crippen molar-refractivity contribution in [2.24, 2.45) is 0 Å². The lowest BCUT2D eigenvalue weighted by atomic mass is 10.2. The van der Waals surface area contributed by atoms with E-state index in [1.54, 1.807) is 6.07 Å². The molecule has 7 nitrogen and oxygen atoms in total. The van der Waals surface area contributed by atoms with Gasteiger partial charge in [-0.1, -0.05) is 0 Å². The number of benzene rings is 1. The summed E-state index contributed by atoms with van der Waals surface area (Å²) in [4.78, 5) is 18.7. The van der Waals surface area contributed by atoms with Crippen molar-refractivity contribution >= 4 is 16.7 Å². The summed E-state index contributed by atoms with van der Waals surface area (Å²) < 4.78 is 10.7. The molecule has 0 amide bonds. The van der Waals surface area contributed by atoms with Crippen molar-refractivity contribution in [1.82, 2.24) is 9.97 Å². The number of nitro benzene ring substituents is 1. The lowest BCUT2D eigenvalue weighted by molar-refractivity contribution is -0.384. The fraction of sp³-hybridized carbons (Fsp3) is 0.333. The fourth-order valence-electron chi connectivity index (χ4n) is 1.59. The van der Waals surface area contributed by atoms with Crippen LogP contribution in [-0.2, 0) is 0 Å². The van der Waals surface area contributed by atoms with Gasteiger partial charge in [-0.2, -0.15) is 0 Å². The van der Waals surface area contributed by atoms with E-state index in [-0.39, 0.29) is 11.6 Å². The minimum atomic E-state index is -0.474. The van der Waals surface area contributed by atoms with Gasteiger partial charge >= 0.3 is 0 Å². The molecule has 7 heteroatoms. The van der Waals surface area contributed by atoms with Crippen LogP contribution >= 0.6 is 0 Å². The van der Waals surface area contributed by atoms with Crippen LogP contribution in [0.2, 0.25) is 0 Å². The van der Waals surface area contributed by atoms with E-state index in [0.29, 0.717) is 30.1 Å². The van der Waals surface area contributed by atoms with Crippen LogP contribution in [0.15, 0.2) is 18.2 Å². The number of fused-ring (bicyclic) bond motifs is 1. The molecule has 0 aliphatic carbocycles. The van der Waals surface area contributed by atoms with Gasteiger partial charge in [0, 0.05) is 12.1 Å². The van der Waals surface area contributed by atoms with E-state index in [2.05, 4.69) is 9.97 Å². The maximum absolute atomic E-state index is 10.7. The van der Waals surface area contributed by atoms with Gasteiger partial charge in [0.05, 0.1) is 29.2 Å². The van der Waals surface area contributed by atoms with Gasteiger partial charge in [0.25, 0.3) is 17.4 Å². The first-order chi connectivity index (χ1) is 9.15. The molecular weight excluding hydrogens is 250 g/mol. The summed E-state index contributed by atoms with van der Waals surface area (Å²) in [5.41, 5.74) is 0.895. The zero-order chi connectivity index (χ0) is 13.8. The summed E-state index contributed by atoms with van der Waals surface area (Å²) in [7, 11) is 0. The molecule has 0 radical (unpaired) electrons. The number of nitrogens with zero attached hydrogens (tertiary/aromatic N) is 3. The molecule has 0 spiro atoms. The second kappa shape index (κ2) is 5.47. The van der Waals surface area contributed by atoms with Crippen molar-refractivity contribution in [3.05, 3.63) is 28.3 Å². The van der Waals surface area contributed by atoms with E-state index < -0.39 is 4.92 Å². The van der Waals surface area contributed by atoms with Gasteiger partial charge in [0.2, 0.25) is 0 Å². The van der Waals surface area contributed by atoms with E-state index >= 15 is 0 Å². The average Bonchev–Trinajstić information content (AvgIpc) is 2.39. The van der Waals surface area contributed by atoms with Crippen molar-refractivity contribution in [3.63, 3.8) is 0 Å². The standard InChI is InChI=1S/C12H13N3O4/c1-3-18-11-12(19-4-2)14-10-7-8(15(16)17)5-6-9(10)13-11/h5-7H,3-4H2,1-2H3. The zero-order valence-electron chi connectivity index (χ0n) is 10.6. The van der Waals surface area contributed by atoms with Crippen molar-refractivity contribution in [1.29, 1.82) is 0 Å². The van der Waals surface area contributed by atoms with Crippen LogP contribution in [-0.4, -0.2) is 28.1 Å². The summed E-state index contributed by atoms with van der Waals surface area (Å²) in [6, 6.07) is 4.28. The van der Waals surface area contributed by atoms with Gasteiger partial charge in [-0.05, 0) is 19.9 Å². The lowest BCUT2D eigenvalue weighted by Gasteiger charge is -2.09. The molecular formula is C12H13N3O4. The van der Waals surface area contributed by atoms with E-state index in [1.165, 1.54) is 12.1 Å². The highest BCUT2D eigenvalue weighted by atomic mass is 16.6. The maximum Gasteiger partial charge on any atom is 0.278 e. The molecule has 1 heterocycles. The number of rotatable bonds is 5. The Hall–Kier alpha value is -2.44. The molecule has 19 heavy (non-hydrogen) atoms. The number of nitro groups is 1. The first-order valence-corrected chi connectivity index (χ1v) is 5.87. The molecule has 2 rings (SSSR count). The molecule has 0 N–H and O–H groups in total. The maximum atomic E-state index is 10.7.